The van der Waals surface area contributed by atoms with Gasteiger partial charge in [-0.25, -0.2) is 0 Å². The number of aromatic nitrogens is 2. The second kappa shape index (κ2) is 7.58. The van der Waals surface area contributed by atoms with Gasteiger partial charge in [0.2, 0.25) is 5.13 Å². The fourth-order valence-corrected chi connectivity index (χ4v) is 4.84. The van der Waals surface area contributed by atoms with Crippen molar-refractivity contribution in [1.82, 2.24) is 10.2 Å². The maximum absolute atomic E-state index is 10.6. The van der Waals surface area contributed by atoms with E-state index in [9.17, 15) is 4.79 Å². The minimum absolute atomic E-state index is 0.150. The number of carboxylic acids is 1. The summed E-state index contributed by atoms with van der Waals surface area (Å²) in [6.07, 6.45) is 0.150. The number of nitrogens with zero attached hydrogens (tertiary/aromatic N) is 2. The lowest BCUT2D eigenvalue weighted by atomic mass is 10.3. The number of rotatable bonds is 7. The van der Waals surface area contributed by atoms with Gasteiger partial charge < -0.3 is 10.4 Å². The number of hydrogen-bond acceptors (Lipinski definition) is 7. The number of anilines is 2. The monoisotopic (exact) mass is 363 g/mol. The molecule has 5 nitrogen and oxygen atoms in total. The number of benzene rings is 1. The second-order valence-corrected chi connectivity index (χ2v) is 7.54. The first kappa shape index (κ1) is 16.0. The molecule has 0 saturated carbocycles. The maximum Gasteiger partial charge on any atom is 0.304 e. The normalized spacial score (nSPS) is 10.6. The highest BCUT2D eigenvalue weighted by atomic mass is 32.2. The fourth-order valence-electron chi connectivity index (χ4n) is 1.83. The van der Waals surface area contributed by atoms with Gasteiger partial charge in [0.05, 0.1) is 11.3 Å². The van der Waals surface area contributed by atoms with Crippen LogP contribution in [-0.2, 0) is 4.79 Å². The van der Waals surface area contributed by atoms with Crippen LogP contribution in [0.15, 0.2) is 46.7 Å². The van der Waals surface area contributed by atoms with E-state index in [-0.39, 0.29) is 6.42 Å². The van der Waals surface area contributed by atoms with E-state index in [1.54, 1.807) is 11.3 Å². The smallest absolute Gasteiger partial charge is 0.304 e. The first-order chi connectivity index (χ1) is 11.2. The van der Waals surface area contributed by atoms with Crippen LogP contribution in [0.3, 0.4) is 0 Å². The van der Waals surface area contributed by atoms with Crippen molar-refractivity contribution >= 4 is 51.2 Å². The topological polar surface area (TPSA) is 75.1 Å². The molecule has 1 aromatic carbocycles. The van der Waals surface area contributed by atoms with Gasteiger partial charge in [-0.2, -0.15) is 0 Å². The number of carboxylic acid groups (broad SMARTS) is 1. The van der Waals surface area contributed by atoms with Gasteiger partial charge in [0.1, 0.15) is 0 Å². The van der Waals surface area contributed by atoms with Crippen LogP contribution in [0.25, 0.3) is 9.88 Å². The molecule has 0 bridgehead atoms. The van der Waals surface area contributed by atoms with Crippen molar-refractivity contribution in [2.75, 3.05) is 11.1 Å². The summed E-state index contributed by atoms with van der Waals surface area (Å²) in [5.41, 5.74) is 0.970. The Hall–Kier alpha value is -1.90. The molecule has 0 unspecified atom stereocenters. The molecule has 0 radical (unpaired) electrons. The summed E-state index contributed by atoms with van der Waals surface area (Å²) in [4.78, 5) is 12.7. The van der Waals surface area contributed by atoms with E-state index >= 15 is 0 Å². The van der Waals surface area contributed by atoms with Crippen molar-refractivity contribution in [3.63, 3.8) is 0 Å². The Labute approximate surface area is 145 Å². The van der Waals surface area contributed by atoms with Crippen molar-refractivity contribution in [3.8, 4) is 9.88 Å². The predicted octanol–water partition coefficient (Wildman–Crippen LogP) is 4.58. The standard InChI is InChI=1S/C15H13N3O2S3/c19-12(20)7-9-21-11-6-8-22-13(11)14-17-18-15(23-14)16-10-4-2-1-3-5-10/h1-6,8H,7,9H2,(H,16,18)(H,19,20). The SMILES string of the molecule is O=C(O)CCSc1ccsc1-c1nnc(Nc2ccccc2)s1. The van der Waals surface area contributed by atoms with E-state index in [1.807, 2.05) is 41.8 Å². The van der Waals surface area contributed by atoms with Crippen LogP contribution in [0.1, 0.15) is 6.42 Å². The number of aliphatic carboxylic acids is 1. The van der Waals surface area contributed by atoms with Crippen LogP contribution in [-0.4, -0.2) is 27.0 Å². The zero-order valence-corrected chi connectivity index (χ0v) is 14.4. The number of para-hydroxylation sites is 1. The summed E-state index contributed by atoms with van der Waals surface area (Å²) in [6.45, 7) is 0. The van der Waals surface area contributed by atoms with Crippen LogP contribution in [0.4, 0.5) is 10.8 Å². The molecule has 0 atom stereocenters. The van der Waals surface area contributed by atoms with Crippen LogP contribution in [0.2, 0.25) is 0 Å². The van der Waals surface area contributed by atoms with Gasteiger partial charge in [-0.3, -0.25) is 4.79 Å². The number of thioether (sulfide) groups is 1. The number of nitrogens with one attached hydrogen (secondary N) is 1. The highest BCUT2D eigenvalue weighted by Crippen LogP contribution is 2.39. The first-order valence-electron chi connectivity index (χ1n) is 6.80. The van der Waals surface area contributed by atoms with E-state index in [0.29, 0.717) is 5.75 Å². The summed E-state index contributed by atoms with van der Waals surface area (Å²) in [5, 5.41) is 24.0. The molecule has 118 valence electrons. The third kappa shape index (κ3) is 4.31. The van der Waals surface area contributed by atoms with Gasteiger partial charge in [-0.1, -0.05) is 29.5 Å². The quantitative estimate of drug-likeness (QED) is 0.599. The fraction of sp³-hybridized carbons (Fsp3) is 0.133. The molecule has 0 saturated heterocycles. The molecule has 0 aliphatic carbocycles. The average molecular weight is 363 g/mol. The van der Waals surface area contributed by atoms with Crippen LogP contribution >= 0.6 is 34.4 Å². The summed E-state index contributed by atoms with van der Waals surface area (Å²) >= 11 is 4.62. The van der Waals surface area contributed by atoms with E-state index in [4.69, 9.17) is 5.11 Å². The molecule has 2 N–H and O–H groups in total. The van der Waals surface area contributed by atoms with Crippen LogP contribution in [0, 0.1) is 0 Å². The van der Waals surface area contributed by atoms with Crippen LogP contribution < -0.4 is 5.32 Å². The average Bonchev–Trinajstić information content (AvgIpc) is 3.17. The van der Waals surface area contributed by atoms with Crippen molar-refractivity contribution < 1.29 is 9.90 Å². The molecule has 2 aromatic heterocycles. The lowest BCUT2D eigenvalue weighted by Crippen LogP contribution is -1.95. The third-order valence-electron chi connectivity index (χ3n) is 2.85. The summed E-state index contributed by atoms with van der Waals surface area (Å²) in [5.74, 6) is -0.230. The Balaban J connectivity index is 1.71. The van der Waals surface area contributed by atoms with Crippen LogP contribution in [0.5, 0.6) is 0 Å². The molecule has 8 heteroatoms. The Morgan fingerprint density at radius 3 is 2.83 bits per heavy atom. The molecule has 0 spiro atoms. The molecular formula is C15H13N3O2S3. The first-order valence-corrected chi connectivity index (χ1v) is 9.48. The van der Waals surface area contributed by atoms with Gasteiger partial charge in [-0.05, 0) is 23.6 Å². The summed E-state index contributed by atoms with van der Waals surface area (Å²) in [7, 11) is 0. The van der Waals surface area contributed by atoms with Gasteiger partial charge in [-0.15, -0.1) is 33.3 Å². The Bertz CT molecular complexity index is 786. The lowest BCUT2D eigenvalue weighted by Gasteiger charge is -2.00. The van der Waals surface area contributed by atoms with Gasteiger partial charge in [0.25, 0.3) is 0 Å². The largest absolute Gasteiger partial charge is 0.481 e. The zero-order valence-electron chi connectivity index (χ0n) is 11.9. The minimum Gasteiger partial charge on any atom is -0.481 e. The summed E-state index contributed by atoms with van der Waals surface area (Å²) < 4.78 is 0. The number of thiophene rings is 1. The number of carbonyl (C=O) groups is 1. The van der Waals surface area contributed by atoms with Gasteiger partial charge in [0, 0.05) is 16.3 Å². The number of hydrogen-bond donors (Lipinski definition) is 2. The maximum atomic E-state index is 10.6. The zero-order chi connectivity index (χ0) is 16.1. The molecule has 0 aliphatic rings. The Kier molecular flexibility index (Phi) is 5.27. The Morgan fingerprint density at radius 2 is 2.04 bits per heavy atom. The predicted molar refractivity (Wildman–Crippen MR) is 95.9 cm³/mol. The van der Waals surface area contributed by atoms with Crippen molar-refractivity contribution in [2.24, 2.45) is 0 Å². The summed E-state index contributed by atoms with van der Waals surface area (Å²) in [6, 6.07) is 11.8. The van der Waals surface area contributed by atoms with Crippen molar-refractivity contribution in [3.05, 3.63) is 41.8 Å². The molecule has 2 heterocycles. The highest BCUT2D eigenvalue weighted by molar-refractivity contribution is 7.99. The molecule has 0 amide bonds. The lowest BCUT2D eigenvalue weighted by molar-refractivity contribution is -0.136. The molecule has 3 rings (SSSR count). The molecule has 0 aliphatic heterocycles. The third-order valence-corrected chi connectivity index (χ3v) is 5.94. The van der Waals surface area contributed by atoms with Crippen molar-refractivity contribution in [2.45, 2.75) is 11.3 Å². The highest BCUT2D eigenvalue weighted by Gasteiger charge is 2.13. The second-order valence-electron chi connectivity index (χ2n) is 4.51. The molecule has 3 aromatic rings. The molecule has 23 heavy (non-hydrogen) atoms. The van der Waals surface area contributed by atoms with Crippen molar-refractivity contribution in [1.29, 1.82) is 0 Å². The van der Waals surface area contributed by atoms with E-state index in [2.05, 4.69) is 15.5 Å². The van der Waals surface area contributed by atoms with Gasteiger partial charge in [0.15, 0.2) is 5.01 Å². The minimum atomic E-state index is -0.778. The molecular weight excluding hydrogens is 350 g/mol. The van der Waals surface area contributed by atoms with Gasteiger partial charge >= 0.3 is 5.97 Å². The van der Waals surface area contributed by atoms with E-state index in [1.165, 1.54) is 23.1 Å². The Morgan fingerprint density at radius 1 is 1.22 bits per heavy atom. The molecule has 0 fully saturated rings. The van der Waals surface area contributed by atoms with E-state index < -0.39 is 5.97 Å². The van der Waals surface area contributed by atoms with E-state index in [0.717, 1.165) is 25.6 Å².